The Labute approximate surface area is 191 Å². The highest BCUT2D eigenvalue weighted by molar-refractivity contribution is 6.30. The number of para-hydroxylation sites is 1. The van der Waals surface area contributed by atoms with E-state index in [0.29, 0.717) is 23.9 Å². The lowest BCUT2D eigenvalue weighted by Gasteiger charge is -2.39. The lowest BCUT2D eigenvalue weighted by Crippen LogP contribution is -2.55. The Morgan fingerprint density at radius 3 is 2.38 bits per heavy atom. The van der Waals surface area contributed by atoms with Crippen molar-refractivity contribution in [2.24, 2.45) is 0 Å². The summed E-state index contributed by atoms with van der Waals surface area (Å²) in [4.78, 5) is 39.3. The summed E-state index contributed by atoms with van der Waals surface area (Å²) in [7, 11) is 0. The fraction of sp³-hybridized carbons (Fsp3) is 0.348. The molecule has 0 saturated carbocycles. The van der Waals surface area contributed by atoms with E-state index in [0.717, 1.165) is 4.90 Å². The molecule has 9 heteroatoms. The van der Waals surface area contributed by atoms with Crippen molar-refractivity contribution in [3.05, 3.63) is 59.1 Å². The molecule has 1 aliphatic rings. The molecule has 3 amide bonds. The quantitative estimate of drug-likeness (QED) is 0.650. The van der Waals surface area contributed by atoms with E-state index in [-0.39, 0.29) is 36.5 Å². The lowest BCUT2D eigenvalue weighted by atomic mass is 10.1. The number of benzene rings is 2. The molecule has 1 N–H and O–H groups in total. The number of halogens is 1. The molecular formula is C23H25ClN2O6. The second-order valence-electron chi connectivity index (χ2n) is 7.53. The Morgan fingerprint density at radius 1 is 1.12 bits per heavy atom. The molecule has 0 spiro atoms. The van der Waals surface area contributed by atoms with Crippen molar-refractivity contribution in [3.8, 4) is 11.5 Å². The largest absolute Gasteiger partial charge is 0.507 e. The minimum Gasteiger partial charge on any atom is -0.507 e. The van der Waals surface area contributed by atoms with Crippen molar-refractivity contribution in [1.82, 2.24) is 9.80 Å². The summed E-state index contributed by atoms with van der Waals surface area (Å²) in [6.07, 6.45) is -0.823. The first-order valence-corrected chi connectivity index (χ1v) is 10.5. The molecule has 0 bridgehead atoms. The Hall–Kier alpha value is -3.10. The number of amides is 3. The number of phenolic OH excluding ortho intramolecular Hbond substituents is 1. The van der Waals surface area contributed by atoms with Crippen LogP contribution in [0.25, 0.3) is 0 Å². The second kappa shape index (κ2) is 10.5. The maximum absolute atomic E-state index is 13.0. The van der Waals surface area contributed by atoms with Crippen molar-refractivity contribution in [2.45, 2.75) is 26.1 Å². The van der Waals surface area contributed by atoms with Gasteiger partial charge in [-0.25, -0.2) is 0 Å². The minimum absolute atomic E-state index is 0.0185. The molecule has 32 heavy (non-hydrogen) atoms. The van der Waals surface area contributed by atoms with E-state index in [1.165, 1.54) is 26.0 Å². The van der Waals surface area contributed by atoms with E-state index in [4.69, 9.17) is 21.1 Å². The summed E-state index contributed by atoms with van der Waals surface area (Å²) >= 11 is 5.93. The average molecular weight is 461 g/mol. The van der Waals surface area contributed by atoms with Crippen molar-refractivity contribution in [1.29, 1.82) is 0 Å². The van der Waals surface area contributed by atoms with Crippen molar-refractivity contribution in [2.75, 3.05) is 26.2 Å². The van der Waals surface area contributed by atoms with Gasteiger partial charge in [-0.3, -0.25) is 19.3 Å². The van der Waals surface area contributed by atoms with E-state index >= 15 is 0 Å². The first-order valence-electron chi connectivity index (χ1n) is 10.1. The highest BCUT2D eigenvalue weighted by Crippen LogP contribution is 2.21. The van der Waals surface area contributed by atoms with Crippen molar-refractivity contribution >= 4 is 29.3 Å². The highest BCUT2D eigenvalue weighted by Gasteiger charge is 2.32. The van der Waals surface area contributed by atoms with Crippen LogP contribution in [-0.2, 0) is 14.3 Å². The number of ether oxygens (including phenoxy) is 2. The number of nitrogens with zero attached hydrogens (tertiary/aromatic N) is 2. The zero-order valence-corrected chi connectivity index (χ0v) is 18.6. The number of imide groups is 1. The standard InChI is InChI=1S/C23H25ClN2O6/c1-15(27)25-11-19(12-25)31-14-20(32-18-9-7-17(24)8-10-18)13-26(16(2)28)23(30)21-5-3-4-6-22(21)29/h3-10,19-20,29H,11-14H2,1-2H3/t20-/m0/s1. The number of carbonyl (C=O) groups is 3. The zero-order chi connectivity index (χ0) is 23.3. The van der Waals surface area contributed by atoms with Gasteiger partial charge in [0.25, 0.3) is 5.91 Å². The molecular weight excluding hydrogens is 436 g/mol. The molecule has 0 radical (unpaired) electrons. The summed E-state index contributed by atoms with van der Waals surface area (Å²) in [5.41, 5.74) is 0.0185. The van der Waals surface area contributed by atoms with Gasteiger partial charge < -0.3 is 19.5 Å². The third kappa shape index (κ3) is 5.99. The molecule has 2 aromatic carbocycles. The summed E-state index contributed by atoms with van der Waals surface area (Å²) in [5.74, 6) is -0.856. The van der Waals surface area contributed by atoms with Gasteiger partial charge in [-0.2, -0.15) is 0 Å². The highest BCUT2D eigenvalue weighted by atomic mass is 35.5. The fourth-order valence-electron chi connectivity index (χ4n) is 3.23. The minimum atomic E-state index is -0.679. The van der Waals surface area contributed by atoms with E-state index < -0.39 is 17.9 Å². The van der Waals surface area contributed by atoms with E-state index in [9.17, 15) is 19.5 Å². The predicted octanol–water partition coefficient (Wildman–Crippen LogP) is 2.73. The van der Waals surface area contributed by atoms with Crippen molar-refractivity contribution in [3.63, 3.8) is 0 Å². The molecule has 1 fully saturated rings. The first kappa shape index (κ1) is 23.6. The van der Waals surface area contributed by atoms with Crippen molar-refractivity contribution < 1.29 is 29.0 Å². The molecule has 1 saturated heterocycles. The predicted molar refractivity (Wildman–Crippen MR) is 118 cm³/mol. The third-order valence-electron chi connectivity index (χ3n) is 5.07. The summed E-state index contributed by atoms with van der Waals surface area (Å²) in [5, 5.41) is 10.6. The fourth-order valence-corrected chi connectivity index (χ4v) is 3.36. The summed E-state index contributed by atoms with van der Waals surface area (Å²) in [6.45, 7) is 3.74. The number of phenols is 1. The van der Waals surface area contributed by atoms with Gasteiger partial charge in [0.05, 0.1) is 24.8 Å². The van der Waals surface area contributed by atoms with E-state index in [1.54, 1.807) is 41.3 Å². The Balaban J connectivity index is 1.73. The molecule has 0 unspecified atom stereocenters. The van der Waals surface area contributed by atoms with Gasteiger partial charge in [0, 0.05) is 32.0 Å². The Morgan fingerprint density at radius 2 is 1.78 bits per heavy atom. The van der Waals surface area contributed by atoms with Crippen LogP contribution in [0.4, 0.5) is 0 Å². The molecule has 170 valence electrons. The van der Waals surface area contributed by atoms with Crippen LogP contribution in [0.2, 0.25) is 5.02 Å². The smallest absolute Gasteiger partial charge is 0.264 e. The number of carbonyl (C=O) groups excluding carboxylic acids is 3. The molecule has 1 heterocycles. The van der Waals surface area contributed by atoms with Crippen LogP contribution < -0.4 is 4.74 Å². The van der Waals surface area contributed by atoms with Crippen LogP contribution in [0.15, 0.2) is 48.5 Å². The first-order chi connectivity index (χ1) is 15.2. The van der Waals surface area contributed by atoms with Gasteiger partial charge >= 0.3 is 0 Å². The molecule has 0 aliphatic carbocycles. The molecule has 1 aliphatic heterocycles. The monoisotopic (exact) mass is 460 g/mol. The maximum atomic E-state index is 13.0. The van der Waals surface area contributed by atoms with E-state index in [2.05, 4.69) is 0 Å². The third-order valence-corrected chi connectivity index (χ3v) is 5.33. The van der Waals surface area contributed by atoms with Crippen LogP contribution in [0, 0.1) is 0 Å². The van der Waals surface area contributed by atoms with Gasteiger partial charge in [0.15, 0.2) is 0 Å². The normalized spacial score (nSPS) is 14.4. The number of rotatable bonds is 8. The van der Waals surface area contributed by atoms with Gasteiger partial charge in [-0.1, -0.05) is 23.7 Å². The van der Waals surface area contributed by atoms with E-state index in [1.807, 2.05) is 0 Å². The number of likely N-dealkylation sites (tertiary alicyclic amines) is 1. The molecule has 1 atom stereocenters. The van der Waals surface area contributed by atoms with Crippen LogP contribution in [0.3, 0.4) is 0 Å². The molecule has 3 rings (SSSR count). The van der Waals surface area contributed by atoms with Crippen LogP contribution in [0.5, 0.6) is 11.5 Å². The molecule has 0 aromatic heterocycles. The van der Waals surface area contributed by atoms with Crippen LogP contribution in [-0.4, -0.2) is 71.1 Å². The Bertz CT molecular complexity index is 975. The van der Waals surface area contributed by atoms with Crippen LogP contribution >= 0.6 is 11.6 Å². The summed E-state index contributed by atoms with van der Waals surface area (Å²) < 4.78 is 11.8. The number of hydrogen-bond donors (Lipinski definition) is 1. The van der Waals surface area contributed by atoms with Gasteiger partial charge in [-0.15, -0.1) is 0 Å². The second-order valence-corrected chi connectivity index (χ2v) is 7.96. The van der Waals surface area contributed by atoms with Gasteiger partial charge in [0.2, 0.25) is 11.8 Å². The molecule has 8 nitrogen and oxygen atoms in total. The SMILES string of the molecule is CC(=O)N1CC(OC[C@H](CN(C(C)=O)C(=O)c2ccccc2O)Oc2ccc(Cl)cc2)C1. The number of hydrogen-bond acceptors (Lipinski definition) is 6. The molecule has 2 aromatic rings. The van der Waals surface area contributed by atoms with Gasteiger partial charge in [0.1, 0.15) is 17.6 Å². The zero-order valence-electron chi connectivity index (χ0n) is 17.9. The van der Waals surface area contributed by atoms with Gasteiger partial charge in [-0.05, 0) is 36.4 Å². The Kier molecular flexibility index (Phi) is 7.71. The summed E-state index contributed by atoms with van der Waals surface area (Å²) in [6, 6.07) is 12.7. The number of aromatic hydroxyl groups is 1. The maximum Gasteiger partial charge on any atom is 0.264 e. The topological polar surface area (TPSA) is 96.4 Å². The average Bonchev–Trinajstić information content (AvgIpc) is 2.71. The lowest BCUT2D eigenvalue weighted by molar-refractivity contribution is -0.145. The van der Waals surface area contributed by atoms with Crippen LogP contribution in [0.1, 0.15) is 24.2 Å².